The first kappa shape index (κ1) is 11.5. The molecule has 0 saturated carbocycles. The van der Waals surface area contributed by atoms with Crippen LogP contribution in [0.3, 0.4) is 0 Å². The van der Waals surface area contributed by atoms with Crippen LogP contribution in [0.1, 0.15) is 18.4 Å². The fourth-order valence-electron chi connectivity index (χ4n) is 2.13. The van der Waals surface area contributed by atoms with E-state index in [0.717, 1.165) is 32.0 Å². The van der Waals surface area contributed by atoms with Crippen LogP contribution in [-0.2, 0) is 6.54 Å². The van der Waals surface area contributed by atoms with Crippen LogP contribution in [0.25, 0.3) is 0 Å². The molecule has 88 valence electrons. The topological polar surface area (TPSA) is 29.3 Å². The molecule has 0 aromatic heterocycles. The third kappa shape index (κ3) is 2.77. The molecule has 2 nitrogen and oxygen atoms in total. The first-order valence-electron chi connectivity index (χ1n) is 5.57. The van der Waals surface area contributed by atoms with Crippen LogP contribution in [-0.4, -0.2) is 24.0 Å². The average Bonchev–Trinajstić information content (AvgIpc) is 2.22. The molecular formula is C12H16F2N2. The summed E-state index contributed by atoms with van der Waals surface area (Å²) in [5.41, 5.74) is 6.38. The van der Waals surface area contributed by atoms with E-state index in [1.807, 2.05) is 0 Å². The van der Waals surface area contributed by atoms with E-state index in [1.54, 1.807) is 0 Å². The number of likely N-dealkylation sites (tertiary alicyclic amines) is 1. The first-order valence-corrected chi connectivity index (χ1v) is 5.57. The number of benzene rings is 1. The Morgan fingerprint density at radius 2 is 2.19 bits per heavy atom. The Hall–Kier alpha value is -1.00. The normalized spacial score (nSPS) is 22.3. The van der Waals surface area contributed by atoms with Crippen LogP contribution >= 0.6 is 0 Å². The maximum absolute atomic E-state index is 13.4. The van der Waals surface area contributed by atoms with Crippen molar-refractivity contribution in [3.63, 3.8) is 0 Å². The van der Waals surface area contributed by atoms with Crippen molar-refractivity contribution in [3.8, 4) is 0 Å². The van der Waals surface area contributed by atoms with Gasteiger partial charge in [0, 0.05) is 30.8 Å². The number of hydrogen-bond acceptors (Lipinski definition) is 2. The Morgan fingerprint density at radius 3 is 2.88 bits per heavy atom. The molecule has 1 atom stereocenters. The lowest BCUT2D eigenvalue weighted by atomic mass is 10.1. The summed E-state index contributed by atoms with van der Waals surface area (Å²) in [5.74, 6) is -1.00. The molecule has 1 aliphatic rings. The Labute approximate surface area is 94.0 Å². The molecule has 1 aromatic rings. The monoisotopic (exact) mass is 226 g/mol. The van der Waals surface area contributed by atoms with Gasteiger partial charge < -0.3 is 5.73 Å². The van der Waals surface area contributed by atoms with Crippen LogP contribution in [0.4, 0.5) is 8.78 Å². The highest BCUT2D eigenvalue weighted by atomic mass is 19.1. The third-order valence-electron chi connectivity index (χ3n) is 2.95. The zero-order valence-electron chi connectivity index (χ0n) is 9.13. The second-order valence-electron chi connectivity index (χ2n) is 4.37. The predicted octanol–water partition coefficient (Wildman–Crippen LogP) is 1.89. The van der Waals surface area contributed by atoms with Gasteiger partial charge in [0.25, 0.3) is 0 Å². The van der Waals surface area contributed by atoms with Gasteiger partial charge in [-0.05, 0) is 25.5 Å². The molecule has 0 spiro atoms. The van der Waals surface area contributed by atoms with Gasteiger partial charge in [-0.3, -0.25) is 4.90 Å². The Bertz CT molecular complexity index is 368. The predicted molar refractivity (Wildman–Crippen MR) is 58.8 cm³/mol. The molecule has 1 saturated heterocycles. The minimum Gasteiger partial charge on any atom is -0.327 e. The number of nitrogens with two attached hydrogens (primary N) is 1. The Kier molecular flexibility index (Phi) is 3.51. The molecular weight excluding hydrogens is 210 g/mol. The van der Waals surface area contributed by atoms with Crippen LogP contribution < -0.4 is 5.73 Å². The molecule has 4 heteroatoms. The van der Waals surface area contributed by atoms with Gasteiger partial charge in [0.1, 0.15) is 11.6 Å². The lowest BCUT2D eigenvalue weighted by molar-refractivity contribution is 0.199. The van der Waals surface area contributed by atoms with Crippen molar-refractivity contribution in [2.75, 3.05) is 13.1 Å². The molecule has 0 radical (unpaired) electrons. The minimum atomic E-state index is -0.531. The zero-order chi connectivity index (χ0) is 11.5. The van der Waals surface area contributed by atoms with Crippen LogP contribution in [0.2, 0.25) is 0 Å². The Morgan fingerprint density at radius 1 is 1.38 bits per heavy atom. The van der Waals surface area contributed by atoms with Gasteiger partial charge in [-0.2, -0.15) is 0 Å². The van der Waals surface area contributed by atoms with E-state index in [-0.39, 0.29) is 6.04 Å². The molecule has 2 rings (SSSR count). The van der Waals surface area contributed by atoms with E-state index in [1.165, 1.54) is 12.1 Å². The molecule has 0 aliphatic carbocycles. The molecule has 1 fully saturated rings. The van der Waals surface area contributed by atoms with E-state index >= 15 is 0 Å². The van der Waals surface area contributed by atoms with E-state index in [0.29, 0.717) is 12.1 Å². The Balaban J connectivity index is 2.02. The van der Waals surface area contributed by atoms with Crippen molar-refractivity contribution < 1.29 is 8.78 Å². The quantitative estimate of drug-likeness (QED) is 0.834. The summed E-state index contributed by atoms with van der Waals surface area (Å²) in [6.07, 6.45) is 2.08. The number of rotatable bonds is 2. The van der Waals surface area contributed by atoms with Gasteiger partial charge in [-0.1, -0.05) is 6.07 Å². The van der Waals surface area contributed by atoms with E-state index in [2.05, 4.69) is 4.90 Å². The minimum absolute atomic E-state index is 0.178. The smallest absolute Gasteiger partial charge is 0.130 e. The highest BCUT2D eigenvalue weighted by Gasteiger charge is 2.17. The van der Waals surface area contributed by atoms with Crippen molar-refractivity contribution in [3.05, 3.63) is 35.4 Å². The summed E-state index contributed by atoms with van der Waals surface area (Å²) in [6, 6.07) is 3.91. The van der Waals surface area contributed by atoms with Crippen LogP contribution in [0, 0.1) is 11.6 Å². The zero-order valence-corrected chi connectivity index (χ0v) is 9.13. The van der Waals surface area contributed by atoms with Crippen LogP contribution in [0.15, 0.2) is 18.2 Å². The third-order valence-corrected chi connectivity index (χ3v) is 2.95. The summed E-state index contributed by atoms with van der Waals surface area (Å²) in [6.45, 7) is 2.24. The summed E-state index contributed by atoms with van der Waals surface area (Å²) < 4.78 is 26.1. The van der Waals surface area contributed by atoms with Gasteiger partial charge in [0.05, 0.1) is 0 Å². The van der Waals surface area contributed by atoms with Gasteiger partial charge in [0.15, 0.2) is 0 Å². The average molecular weight is 226 g/mol. The largest absolute Gasteiger partial charge is 0.327 e. The molecule has 1 heterocycles. The van der Waals surface area contributed by atoms with E-state index < -0.39 is 11.6 Å². The molecule has 0 unspecified atom stereocenters. The maximum atomic E-state index is 13.4. The lowest BCUT2D eigenvalue weighted by Gasteiger charge is -2.30. The van der Waals surface area contributed by atoms with Gasteiger partial charge in [-0.25, -0.2) is 8.78 Å². The number of piperidine rings is 1. The maximum Gasteiger partial charge on any atom is 0.130 e. The molecule has 1 aliphatic heterocycles. The second kappa shape index (κ2) is 4.89. The van der Waals surface area contributed by atoms with Gasteiger partial charge in [0.2, 0.25) is 0 Å². The van der Waals surface area contributed by atoms with Crippen molar-refractivity contribution in [2.45, 2.75) is 25.4 Å². The highest BCUT2D eigenvalue weighted by molar-refractivity contribution is 5.18. The summed E-state index contributed by atoms with van der Waals surface area (Å²) >= 11 is 0. The number of hydrogen-bond donors (Lipinski definition) is 1. The van der Waals surface area contributed by atoms with E-state index in [9.17, 15) is 8.78 Å². The van der Waals surface area contributed by atoms with Crippen LogP contribution in [0.5, 0.6) is 0 Å². The molecule has 1 aromatic carbocycles. The van der Waals surface area contributed by atoms with Crippen molar-refractivity contribution in [1.82, 2.24) is 4.90 Å². The molecule has 0 bridgehead atoms. The van der Waals surface area contributed by atoms with Gasteiger partial charge >= 0.3 is 0 Å². The summed E-state index contributed by atoms with van der Waals surface area (Å²) in [7, 11) is 0. The fraction of sp³-hybridized carbons (Fsp3) is 0.500. The SMILES string of the molecule is N[C@H]1CCCN(Cc2ccc(F)cc2F)C1. The molecule has 2 N–H and O–H groups in total. The van der Waals surface area contributed by atoms with Crippen molar-refractivity contribution >= 4 is 0 Å². The lowest BCUT2D eigenvalue weighted by Crippen LogP contribution is -2.42. The summed E-state index contributed by atoms with van der Waals surface area (Å²) in [4.78, 5) is 2.12. The number of nitrogens with zero attached hydrogens (tertiary/aromatic N) is 1. The summed E-state index contributed by atoms with van der Waals surface area (Å²) in [5, 5.41) is 0. The standard InChI is InChI=1S/C12H16F2N2/c13-10-4-3-9(12(14)6-10)7-16-5-1-2-11(15)8-16/h3-4,6,11H,1-2,5,7-8,15H2/t11-/m0/s1. The fourth-order valence-corrected chi connectivity index (χ4v) is 2.13. The molecule has 16 heavy (non-hydrogen) atoms. The second-order valence-corrected chi connectivity index (χ2v) is 4.37. The van der Waals surface area contributed by atoms with Crippen molar-refractivity contribution in [2.24, 2.45) is 5.73 Å². The van der Waals surface area contributed by atoms with Gasteiger partial charge in [-0.15, -0.1) is 0 Å². The first-order chi connectivity index (χ1) is 7.65. The van der Waals surface area contributed by atoms with Crippen molar-refractivity contribution in [1.29, 1.82) is 0 Å². The highest BCUT2D eigenvalue weighted by Crippen LogP contribution is 2.15. The number of halogens is 2. The molecule has 0 amide bonds. The van der Waals surface area contributed by atoms with E-state index in [4.69, 9.17) is 5.73 Å².